The highest BCUT2D eigenvalue weighted by atomic mass is 16.5. The van der Waals surface area contributed by atoms with Crippen LogP contribution in [0.3, 0.4) is 0 Å². The number of nitrogens with zero attached hydrogens (tertiary/aromatic N) is 4. The highest BCUT2D eigenvalue weighted by Crippen LogP contribution is 2.32. The number of hydrogen-bond acceptors (Lipinski definition) is 6. The van der Waals surface area contributed by atoms with Gasteiger partial charge in [0.15, 0.2) is 17.3 Å². The van der Waals surface area contributed by atoms with Crippen LogP contribution in [0.5, 0.6) is 11.5 Å². The molecule has 8 nitrogen and oxygen atoms in total. The predicted octanol–water partition coefficient (Wildman–Crippen LogP) is 0.797. The molecule has 0 bridgehead atoms. The molecule has 0 unspecified atom stereocenters. The third-order valence-corrected chi connectivity index (χ3v) is 3.13. The van der Waals surface area contributed by atoms with Crippen molar-refractivity contribution in [1.82, 2.24) is 25.0 Å². The number of ether oxygens (including phenoxy) is 2. The Bertz CT molecular complexity index is 722. The minimum atomic E-state index is 0.511. The van der Waals surface area contributed by atoms with Crippen LogP contribution in [-0.2, 0) is 6.54 Å². The first kappa shape index (κ1) is 13.4. The number of aromatic amines is 1. The molecular weight excluding hydrogens is 272 g/mol. The molecule has 8 heteroatoms. The molecule has 2 heterocycles. The fourth-order valence-electron chi connectivity index (χ4n) is 2.11. The van der Waals surface area contributed by atoms with Gasteiger partial charge in [0.1, 0.15) is 5.69 Å². The van der Waals surface area contributed by atoms with Crippen LogP contribution < -0.4 is 15.2 Å². The molecule has 0 atom stereocenters. The van der Waals surface area contributed by atoms with Crippen molar-refractivity contribution in [1.29, 1.82) is 0 Å². The smallest absolute Gasteiger partial charge is 0.163 e. The van der Waals surface area contributed by atoms with Gasteiger partial charge in [0, 0.05) is 18.7 Å². The lowest BCUT2D eigenvalue weighted by atomic mass is 10.3. The lowest BCUT2D eigenvalue weighted by molar-refractivity contribution is 0.356. The Balaban J connectivity index is 2.03. The second-order valence-electron chi connectivity index (χ2n) is 4.47. The molecule has 1 aromatic carbocycles. The third kappa shape index (κ3) is 2.40. The van der Waals surface area contributed by atoms with Crippen molar-refractivity contribution >= 4 is 11.0 Å². The van der Waals surface area contributed by atoms with E-state index in [1.54, 1.807) is 25.1 Å². The van der Waals surface area contributed by atoms with Gasteiger partial charge < -0.3 is 20.2 Å². The molecule has 0 amide bonds. The monoisotopic (exact) mass is 288 g/mol. The van der Waals surface area contributed by atoms with E-state index in [0.717, 1.165) is 11.0 Å². The number of nitrogens with two attached hydrogens (primary N) is 1. The fraction of sp³-hybridized carbons (Fsp3) is 0.308. The lowest BCUT2D eigenvalue weighted by Gasteiger charge is -2.06. The Hall–Kier alpha value is -2.61. The molecule has 2 aromatic heterocycles. The quantitative estimate of drug-likeness (QED) is 0.719. The lowest BCUT2D eigenvalue weighted by Crippen LogP contribution is -2.10. The van der Waals surface area contributed by atoms with Gasteiger partial charge in [-0.15, -0.1) is 5.10 Å². The van der Waals surface area contributed by atoms with Gasteiger partial charge in [0.25, 0.3) is 0 Å². The molecule has 0 aliphatic rings. The molecule has 0 fully saturated rings. The van der Waals surface area contributed by atoms with Crippen LogP contribution in [0, 0.1) is 0 Å². The van der Waals surface area contributed by atoms with Crippen molar-refractivity contribution in [2.24, 2.45) is 5.73 Å². The van der Waals surface area contributed by atoms with Crippen LogP contribution in [0.15, 0.2) is 18.3 Å². The Morgan fingerprint density at radius 2 is 2.00 bits per heavy atom. The summed E-state index contributed by atoms with van der Waals surface area (Å²) in [7, 11) is 3.19. The molecule has 0 aliphatic carbocycles. The summed E-state index contributed by atoms with van der Waals surface area (Å²) in [6.07, 6.45) is 1.80. The highest BCUT2D eigenvalue weighted by molar-refractivity contribution is 5.82. The maximum absolute atomic E-state index is 5.49. The van der Waals surface area contributed by atoms with Crippen molar-refractivity contribution in [2.45, 2.75) is 6.54 Å². The predicted molar refractivity (Wildman–Crippen MR) is 77.3 cm³/mol. The summed E-state index contributed by atoms with van der Waals surface area (Å²) >= 11 is 0. The van der Waals surface area contributed by atoms with E-state index in [1.807, 2.05) is 12.1 Å². The van der Waals surface area contributed by atoms with Gasteiger partial charge >= 0.3 is 0 Å². The van der Waals surface area contributed by atoms with Crippen molar-refractivity contribution in [3.05, 3.63) is 18.3 Å². The summed E-state index contributed by atoms with van der Waals surface area (Å²) in [5.74, 6) is 1.92. The number of fused-ring (bicyclic) bond motifs is 1. The summed E-state index contributed by atoms with van der Waals surface area (Å²) in [5.41, 5.74) is 7.78. The number of rotatable bonds is 5. The Morgan fingerprint density at radius 3 is 2.71 bits per heavy atom. The number of imidazole rings is 1. The number of hydrogen-bond donors (Lipinski definition) is 2. The van der Waals surface area contributed by atoms with E-state index in [1.165, 1.54) is 0 Å². The third-order valence-electron chi connectivity index (χ3n) is 3.13. The Kier molecular flexibility index (Phi) is 3.44. The molecule has 0 radical (unpaired) electrons. The van der Waals surface area contributed by atoms with E-state index in [2.05, 4.69) is 20.3 Å². The summed E-state index contributed by atoms with van der Waals surface area (Å²) < 4.78 is 12.2. The second kappa shape index (κ2) is 5.41. The summed E-state index contributed by atoms with van der Waals surface area (Å²) in [6, 6.07) is 3.66. The molecular formula is C13H16N6O2. The van der Waals surface area contributed by atoms with Gasteiger partial charge in [-0.1, -0.05) is 5.21 Å². The number of methoxy groups -OCH3 is 2. The largest absolute Gasteiger partial charge is 0.493 e. The normalized spacial score (nSPS) is 11.0. The van der Waals surface area contributed by atoms with Crippen molar-refractivity contribution in [3.8, 4) is 23.0 Å². The number of aromatic nitrogens is 5. The van der Waals surface area contributed by atoms with Crippen LogP contribution in [0.2, 0.25) is 0 Å². The second-order valence-corrected chi connectivity index (χ2v) is 4.47. The van der Waals surface area contributed by atoms with Gasteiger partial charge in [-0.2, -0.15) is 0 Å². The van der Waals surface area contributed by atoms with Gasteiger partial charge in [-0.05, 0) is 0 Å². The van der Waals surface area contributed by atoms with E-state index in [0.29, 0.717) is 36.1 Å². The molecule has 21 heavy (non-hydrogen) atoms. The van der Waals surface area contributed by atoms with E-state index in [-0.39, 0.29) is 0 Å². The molecule has 0 saturated heterocycles. The molecule has 0 aliphatic heterocycles. The maximum Gasteiger partial charge on any atom is 0.163 e. The maximum atomic E-state index is 5.49. The number of benzene rings is 1. The Labute approximate surface area is 120 Å². The molecule has 3 aromatic rings. The van der Waals surface area contributed by atoms with E-state index in [4.69, 9.17) is 15.2 Å². The fourth-order valence-corrected chi connectivity index (χ4v) is 2.11. The van der Waals surface area contributed by atoms with Gasteiger partial charge in [0.2, 0.25) is 0 Å². The van der Waals surface area contributed by atoms with Crippen LogP contribution in [0.1, 0.15) is 0 Å². The molecule has 3 N–H and O–H groups in total. The first-order valence-corrected chi connectivity index (χ1v) is 6.47. The summed E-state index contributed by atoms with van der Waals surface area (Å²) in [5, 5.41) is 8.08. The minimum Gasteiger partial charge on any atom is -0.493 e. The summed E-state index contributed by atoms with van der Waals surface area (Å²) in [4.78, 5) is 7.70. The highest BCUT2D eigenvalue weighted by Gasteiger charge is 2.13. The standard InChI is InChI=1S/C13H16N6O2/c1-20-11-5-8-9(6-12(11)21-2)16-13(15-8)10-7-19(4-3-14)18-17-10/h5-7H,3-4,14H2,1-2H3,(H,15,16). The van der Waals surface area contributed by atoms with Crippen LogP contribution >= 0.6 is 0 Å². The average Bonchev–Trinajstić information content (AvgIpc) is 3.11. The van der Waals surface area contributed by atoms with Crippen molar-refractivity contribution in [3.63, 3.8) is 0 Å². The van der Waals surface area contributed by atoms with Gasteiger partial charge in [0.05, 0.1) is 38.0 Å². The van der Waals surface area contributed by atoms with E-state index >= 15 is 0 Å². The van der Waals surface area contributed by atoms with Gasteiger partial charge in [-0.25, -0.2) is 4.98 Å². The SMILES string of the molecule is COc1cc2nc(-c3cn(CCN)nn3)[nH]c2cc1OC. The van der Waals surface area contributed by atoms with Crippen LogP contribution in [0.4, 0.5) is 0 Å². The zero-order chi connectivity index (χ0) is 14.8. The number of nitrogens with one attached hydrogen (secondary N) is 1. The zero-order valence-electron chi connectivity index (χ0n) is 11.8. The van der Waals surface area contributed by atoms with E-state index < -0.39 is 0 Å². The van der Waals surface area contributed by atoms with Crippen molar-refractivity contribution < 1.29 is 9.47 Å². The first-order chi connectivity index (χ1) is 10.2. The van der Waals surface area contributed by atoms with Gasteiger partial charge in [-0.3, -0.25) is 4.68 Å². The molecule has 3 rings (SSSR count). The first-order valence-electron chi connectivity index (χ1n) is 6.47. The molecule has 110 valence electrons. The Morgan fingerprint density at radius 1 is 1.24 bits per heavy atom. The zero-order valence-corrected chi connectivity index (χ0v) is 11.8. The minimum absolute atomic E-state index is 0.511. The molecule has 0 saturated carbocycles. The van der Waals surface area contributed by atoms with Crippen LogP contribution in [0.25, 0.3) is 22.6 Å². The van der Waals surface area contributed by atoms with Crippen molar-refractivity contribution in [2.75, 3.05) is 20.8 Å². The topological polar surface area (TPSA) is 104 Å². The average molecular weight is 288 g/mol. The van der Waals surface area contributed by atoms with E-state index in [9.17, 15) is 0 Å². The summed E-state index contributed by atoms with van der Waals surface area (Å²) in [6.45, 7) is 1.13. The van der Waals surface area contributed by atoms with Crippen LogP contribution in [-0.4, -0.2) is 45.7 Å². The molecule has 0 spiro atoms. The number of H-pyrrole nitrogens is 1.